The van der Waals surface area contributed by atoms with Gasteiger partial charge in [0.1, 0.15) is 0 Å². The summed E-state index contributed by atoms with van der Waals surface area (Å²) < 4.78 is 0. The third-order valence-corrected chi connectivity index (χ3v) is 3.03. The van der Waals surface area contributed by atoms with Crippen molar-refractivity contribution in [1.29, 1.82) is 0 Å². The molecule has 0 aromatic heterocycles. The van der Waals surface area contributed by atoms with Crippen molar-refractivity contribution in [1.82, 2.24) is 0 Å². The summed E-state index contributed by atoms with van der Waals surface area (Å²) >= 11 is 0. The van der Waals surface area contributed by atoms with Crippen molar-refractivity contribution in [3.05, 3.63) is 72.3 Å². The zero-order chi connectivity index (χ0) is 16.4. The van der Waals surface area contributed by atoms with Crippen molar-refractivity contribution in [2.24, 2.45) is 0 Å². The van der Waals surface area contributed by atoms with E-state index in [2.05, 4.69) is 0 Å². The first-order valence-electron chi connectivity index (χ1n) is 5.99. The summed E-state index contributed by atoms with van der Waals surface area (Å²) in [6, 6.07) is 7.27. The second kappa shape index (κ2) is 5.56. The van der Waals surface area contributed by atoms with Gasteiger partial charge in [0.25, 0.3) is 17.1 Å². The van der Waals surface area contributed by atoms with Crippen molar-refractivity contribution < 1.29 is 14.8 Å². The number of aryl methyl sites for hydroxylation is 1. The molecule has 0 saturated carbocycles. The van der Waals surface area contributed by atoms with Crippen molar-refractivity contribution in [2.45, 2.75) is 6.92 Å². The first-order chi connectivity index (χ1) is 10.3. The highest BCUT2D eigenvalue weighted by molar-refractivity contribution is 5.81. The van der Waals surface area contributed by atoms with Crippen molar-refractivity contribution in [3.8, 4) is 11.1 Å². The summed E-state index contributed by atoms with van der Waals surface area (Å²) in [4.78, 5) is 30.8. The lowest BCUT2D eigenvalue weighted by atomic mass is 10.00. The molecule has 0 amide bonds. The maximum atomic E-state index is 11.1. The molecular formula is C13H9N3O6. The van der Waals surface area contributed by atoms with Gasteiger partial charge in [-0.25, -0.2) is 0 Å². The van der Waals surface area contributed by atoms with Gasteiger partial charge in [-0.05, 0) is 24.6 Å². The molecule has 0 aliphatic carbocycles. The molecule has 2 aromatic carbocycles. The van der Waals surface area contributed by atoms with Crippen LogP contribution in [0.3, 0.4) is 0 Å². The van der Waals surface area contributed by atoms with E-state index in [1.165, 1.54) is 12.1 Å². The Balaban J connectivity index is 2.75. The van der Waals surface area contributed by atoms with Gasteiger partial charge < -0.3 is 0 Å². The second-order valence-corrected chi connectivity index (χ2v) is 4.49. The smallest absolute Gasteiger partial charge is 0.258 e. The highest BCUT2D eigenvalue weighted by Gasteiger charge is 2.25. The molecule has 2 aromatic rings. The predicted octanol–water partition coefficient (Wildman–Crippen LogP) is 3.39. The molecule has 0 atom stereocenters. The minimum absolute atomic E-state index is 0.0391. The molecule has 0 bridgehead atoms. The van der Waals surface area contributed by atoms with Gasteiger partial charge in [-0.1, -0.05) is 6.07 Å². The number of non-ortho nitro benzene ring substituents is 1. The van der Waals surface area contributed by atoms with Crippen LogP contribution in [0.2, 0.25) is 0 Å². The number of nitrogens with zero attached hydrogens (tertiary/aromatic N) is 3. The molecule has 0 N–H and O–H groups in total. The third kappa shape index (κ3) is 2.73. The van der Waals surface area contributed by atoms with E-state index in [4.69, 9.17) is 0 Å². The number of benzene rings is 2. The van der Waals surface area contributed by atoms with E-state index >= 15 is 0 Å². The Morgan fingerprint density at radius 2 is 1.23 bits per heavy atom. The van der Waals surface area contributed by atoms with E-state index in [0.29, 0.717) is 5.56 Å². The minimum atomic E-state index is -0.800. The fourth-order valence-electron chi connectivity index (χ4n) is 2.03. The molecule has 22 heavy (non-hydrogen) atoms. The Labute approximate surface area is 123 Å². The summed E-state index contributed by atoms with van der Waals surface area (Å²) in [6.45, 7) is 1.65. The molecule has 0 aliphatic heterocycles. The lowest BCUT2D eigenvalue weighted by Crippen LogP contribution is -1.98. The molecule has 2 rings (SSSR count). The molecular weight excluding hydrogens is 294 g/mol. The van der Waals surface area contributed by atoms with Gasteiger partial charge in [0, 0.05) is 12.1 Å². The van der Waals surface area contributed by atoms with Gasteiger partial charge in [0.05, 0.1) is 32.0 Å². The molecule has 9 nitrogen and oxygen atoms in total. The molecule has 0 unspecified atom stereocenters. The van der Waals surface area contributed by atoms with Crippen LogP contribution in [0.5, 0.6) is 0 Å². The van der Waals surface area contributed by atoms with E-state index < -0.39 is 26.1 Å². The second-order valence-electron chi connectivity index (χ2n) is 4.49. The van der Waals surface area contributed by atoms with Crippen LogP contribution in [-0.2, 0) is 0 Å². The predicted molar refractivity (Wildman–Crippen MR) is 76.6 cm³/mol. The minimum Gasteiger partial charge on any atom is -0.258 e. The largest absolute Gasteiger partial charge is 0.284 e. The van der Waals surface area contributed by atoms with E-state index in [9.17, 15) is 30.3 Å². The molecule has 0 spiro atoms. The Kier molecular flexibility index (Phi) is 3.80. The normalized spacial score (nSPS) is 10.2. The first-order valence-corrected chi connectivity index (χ1v) is 5.99. The van der Waals surface area contributed by atoms with Gasteiger partial charge >= 0.3 is 0 Å². The number of hydrogen-bond donors (Lipinski definition) is 0. The van der Waals surface area contributed by atoms with E-state index in [1.54, 1.807) is 13.0 Å². The molecule has 112 valence electrons. The molecule has 0 radical (unpaired) electrons. The fourth-order valence-corrected chi connectivity index (χ4v) is 2.03. The van der Waals surface area contributed by atoms with Crippen LogP contribution >= 0.6 is 0 Å². The maximum Gasteiger partial charge on any atom is 0.284 e. The lowest BCUT2D eigenvalue weighted by molar-refractivity contribution is -0.394. The van der Waals surface area contributed by atoms with Crippen molar-refractivity contribution in [2.75, 3.05) is 0 Å². The monoisotopic (exact) mass is 303 g/mol. The van der Waals surface area contributed by atoms with Crippen LogP contribution in [0.4, 0.5) is 17.1 Å². The van der Waals surface area contributed by atoms with Crippen molar-refractivity contribution >= 4 is 17.1 Å². The fraction of sp³-hybridized carbons (Fsp3) is 0.0769. The van der Waals surface area contributed by atoms with Gasteiger partial charge in [-0.2, -0.15) is 0 Å². The molecule has 0 aliphatic rings. The van der Waals surface area contributed by atoms with Crippen molar-refractivity contribution in [3.63, 3.8) is 0 Å². The summed E-state index contributed by atoms with van der Waals surface area (Å²) in [5.74, 6) is 0. The molecule has 0 heterocycles. The van der Waals surface area contributed by atoms with Gasteiger partial charge in [-0.15, -0.1) is 0 Å². The zero-order valence-corrected chi connectivity index (χ0v) is 11.3. The summed E-state index contributed by atoms with van der Waals surface area (Å²) in [7, 11) is 0. The average Bonchev–Trinajstić information content (AvgIpc) is 2.46. The van der Waals surface area contributed by atoms with Crippen LogP contribution in [-0.4, -0.2) is 14.8 Å². The van der Waals surface area contributed by atoms with E-state index in [0.717, 1.165) is 18.2 Å². The average molecular weight is 303 g/mol. The summed E-state index contributed by atoms with van der Waals surface area (Å²) in [5.41, 5.74) is -0.678. The van der Waals surface area contributed by atoms with Gasteiger partial charge in [0.15, 0.2) is 0 Å². The zero-order valence-electron chi connectivity index (χ0n) is 11.3. The Hall–Kier alpha value is -3.36. The highest BCUT2D eigenvalue weighted by Crippen LogP contribution is 2.38. The quantitative estimate of drug-likeness (QED) is 0.628. The summed E-state index contributed by atoms with van der Waals surface area (Å²) in [5, 5.41) is 33.0. The molecule has 0 saturated heterocycles. The molecule has 0 fully saturated rings. The van der Waals surface area contributed by atoms with E-state index in [-0.39, 0.29) is 16.8 Å². The third-order valence-electron chi connectivity index (χ3n) is 3.03. The SMILES string of the molecule is Cc1ccc(-c2ccc([N+](=O)[O-])cc2[N+](=O)[O-])c([N+](=O)[O-])c1. The van der Waals surface area contributed by atoms with Crippen LogP contribution in [0.1, 0.15) is 5.56 Å². The number of nitro benzene ring substituents is 3. The number of rotatable bonds is 4. The van der Waals surface area contributed by atoms with Gasteiger partial charge in [-0.3, -0.25) is 30.3 Å². The highest BCUT2D eigenvalue weighted by atomic mass is 16.6. The first kappa shape index (κ1) is 15.0. The molecule has 9 heteroatoms. The van der Waals surface area contributed by atoms with Crippen LogP contribution < -0.4 is 0 Å². The Bertz CT molecular complexity index is 802. The standard InChI is InChI=1S/C13H9N3O6/c1-8-2-4-10(12(6-8)15(19)20)11-5-3-9(14(17)18)7-13(11)16(21)22/h2-7H,1H3. The van der Waals surface area contributed by atoms with Gasteiger partial charge in [0.2, 0.25) is 0 Å². The van der Waals surface area contributed by atoms with Crippen LogP contribution in [0.25, 0.3) is 11.1 Å². The topological polar surface area (TPSA) is 129 Å². The van der Waals surface area contributed by atoms with Crippen LogP contribution in [0.15, 0.2) is 36.4 Å². The Morgan fingerprint density at radius 3 is 1.73 bits per heavy atom. The maximum absolute atomic E-state index is 11.1. The van der Waals surface area contributed by atoms with E-state index in [1.807, 2.05) is 0 Å². The number of hydrogen-bond acceptors (Lipinski definition) is 6. The number of nitro groups is 3. The lowest BCUT2D eigenvalue weighted by Gasteiger charge is -2.05. The summed E-state index contributed by atoms with van der Waals surface area (Å²) in [6.07, 6.45) is 0. The Morgan fingerprint density at radius 1 is 0.727 bits per heavy atom. The van der Waals surface area contributed by atoms with Crippen LogP contribution in [0, 0.1) is 37.3 Å².